The number of nitrogens with one attached hydrogen (secondary N) is 1. The molecule has 4 nitrogen and oxygen atoms in total. The quantitative estimate of drug-likeness (QED) is 0.626. The number of hydrogen-bond donors (Lipinski definition) is 2. The van der Waals surface area contributed by atoms with Crippen molar-refractivity contribution in [3.05, 3.63) is 28.8 Å². The molecule has 1 fully saturated rings. The fraction of sp³-hybridized carbons (Fsp3) is 0.600. The fourth-order valence-electron chi connectivity index (χ4n) is 3.02. The Morgan fingerprint density at radius 2 is 2.35 bits per heavy atom. The van der Waals surface area contributed by atoms with Gasteiger partial charge in [0, 0.05) is 23.6 Å². The number of benzene rings is 1. The van der Waals surface area contributed by atoms with E-state index in [1.165, 1.54) is 0 Å². The Morgan fingerprint density at radius 1 is 1.55 bits per heavy atom. The second-order valence-corrected chi connectivity index (χ2v) is 5.64. The van der Waals surface area contributed by atoms with Gasteiger partial charge in [0.25, 0.3) is 0 Å². The highest BCUT2D eigenvalue weighted by Gasteiger charge is 2.33. The molecule has 5 heteroatoms. The van der Waals surface area contributed by atoms with Crippen LogP contribution in [0.1, 0.15) is 25.3 Å². The lowest BCUT2D eigenvalue weighted by atomic mass is 9.87. The van der Waals surface area contributed by atoms with Gasteiger partial charge in [-0.15, -0.1) is 0 Å². The molecule has 3 N–H and O–H groups in total. The molecular formula is C15H23ClN2O2. The highest BCUT2D eigenvalue weighted by molar-refractivity contribution is 6.30. The molecule has 0 spiro atoms. The third kappa shape index (κ3) is 3.44. The Bertz CT molecular complexity index is 442. The van der Waals surface area contributed by atoms with Gasteiger partial charge in [-0.3, -0.25) is 11.3 Å². The molecule has 3 atom stereocenters. The average Bonchev–Trinajstić information content (AvgIpc) is 2.93. The molecule has 0 amide bonds. The van der Waals surface area contributed by atoms with Crippen molar-refractivity contribution in [2.24, 2.45) is 11.8 Å². The number of halogens is 1. The second kappa shape index (κ2) is 7.27. The minimum Gasteiger partial charge on any atom is -0.496 e. The van der Waals surface area contributed by atoms with E-state index in [2.05, 4.69) is 12.3 Å². The Balaban J connectivity index is 2.15. The van der Waals surface area contributed by atoms with Gasteiger partial charge in [0.2, 0.25) is 0 Å². The molecule has 0 aliphatic carbocycles. The van der Waals surface area contributed by atoms with Crippen molar-refractivity contribution < 1.29 is 9.47 Å². The summed E-state index contributed by atoms with van der Waals surface area (Å²) in [6.45, 7) is 2.96. The molecule has 20 heavy (non-hydrogen) atoms. The number of nitrogens with two attached hydrogens (primary N) is 1. The lowest BCUT2D eigenvalue weighted by Gasteiger charge is -2.27. The van der Waals surface area contributed by atoms with Gasteiger partial charge in [0.15, 0.2) is 0 Å². The number of ether oxygens (including phenoxy) is 2. The van der Waals surface area contributed by atoms with Crippen molar-refractivity contribution in [3.8, 4) is 5.75 Å². The maximum Gasteiger partial charge on any atom is 0.122 e. The van der Waals surface area contributed by atoms with Crippen LogP contribution in [-0.4, -0.2) is 25.9 Å². The first-order valence-corrected chi connectivity index (χ1v) is 7.47. The average molecular weight is 299 g/mol. The monoisotopic (exact) mass is 298 g/mol. The van der Waals surface area contributed by atoms with Gasteiger partial charge >= 0.3 is 0 Å². The molecule has 0 bridgehead atoms. The number of rotatable bonds is 6. The summed E-state index contributed by atoms with van der Waals surface area (Å²) < 4.78 is 11.2. The normalized spacial score (nSPS) is 23.8. The topological polar surface area (TPSA) is 56.5 Å². The SMILES string of the molecule is CCC1OCCC1C(Cc1cc(Cl)ccc1OC)NN. The number of methoxy groups -OCH3 is 1. The summed E-state index contributed by atoms with van der Waals surface area (Å²) in [6, 6.07) is 5.84. The molecule has 2 rings (SSSR count). The summed E-state index contributed by atoms with van der Waals surface area (Å²) in [6.07, 6.45) is 3.11. The summed E-state index contributed by atoms with van der Waals surface area (Å²) in [5.41, 5.74) is 4.02. The first kappa shape index (κ1) is 15.6. The van der Waals surface area contributed by atoms with Gasteiger partial charge < -0.3 is 9.47 Å². The van der Waals surface area contributed by atoms with Crippen molar-refractivity contribution in [1.29, 1.82) is 0 Å². The van der Waals surface area contributed by atoms with Crippen LogP contribution >= 0.6 is 11.6 Å². The van der Waals surface area contributed by atoms with Gasteiger partial charge in [0.1, 0.15) is 5.75 Å². The molecule has 1 saturated heterocycles. The van der Waals surface area contributed by atoms with E-state index in [1.54, 1.807) is 7.11 Å². The number of hydrazine groups is 1. The summed E-state index contributed by atoms with van der Waals surface area (Å²) in [5, 5.41) is 0.714. The van der Waals surface area contributed by atoms with Crippen LogP contribution in [0, 0.1) is 5.92 Å². The minimum atomic E-state index is 0.162. The van der Waals surface area contributed by atoms with E-state index in [4.69, 9.17) is 26.9 Å². The molecule has 0 aromatic heterocycles. The van der Waals surface area contributed by atoms with E-state index in [0.29, 0.717) is 10.9 Å². The molecule has 1 aliphatic heterocycles. The predicted molar refractivity (Wildman–Crippen MR) is 81.0 cm³/mol. The van der Waals surface area contributed by atoms with Crippen LogP contribution in [0.5, 0.6) is 5.75 Å². The Kier molecular flexibility index (Phi) is 5.66. The lowest BCUT2D eigenvalue weighted by Crippen LogP contribution is -2.45. The van der Waals surface area contributed by atoms with Gasteiger partial charge in [-0.2, -0.15) is 0 Å². The van der Waals surface area contributed by atoms with Crippen molar-refractivity contribution in [3.63, 3.8) is 0 Å². The first-order chi connectivity index (χ1) is 9.69. The Labute approximate surface area is 125 Å². The Hall–Kier alpha value is -0.810. The maximum atomic E-state index is 6.08. The number of hydrogen-bond acceptors (Lipinski definition) is 4. The minimum absolute atomic E-state index is 0.162. The van der Waals surface area contributed by atoms with Crippen LogP contribution in [0.15, 0.2) is 18.2 Å². The second-order valence-electron chi connectivity index (χ2n) is 5.20. The van der Waals surface area contributed by atoms with Crippen molar-refractivity contribution in [2.75, 3.05) is 13.7 Å². The molecular weight excluding hydrogens is 276 g/mol. The standard InChI is InChI=1S/C15H23ClN2O2/c1-3-14-12(6-7-20-14)13(18-17)9-10-8-11(16)4-5-15(10)19-2/h4-5,8,12-14,18H,3,6-7,9,17H2,1-2H3. The Morgan fingerprint density at radius 3 is 3.00 bits per heavy atom. The molecule has 3 unspecified atom stereocenters. The van der Waals surface area contributed by atoms with Crippen LogP contribution in [0.25, 0.3) is 0 Å². The van der Waals surface area contributed by atoms with E-state index in [1.807, 2.05) is 18.2 Å². The molecule has 0 saturated carbocycles. The fourth-order valence-corrected chi connectivity index (χ4v) is 3.22. The van der Waals surface area contributed by atoms with E-state index in [9.17, 15) is 0 Å². The molecule has 112 valence electrons. The molecule has 1 aliphatic rings. The molecule has 1 aromatic rings. The van der Waals surface area contributed by atoms with E-state index in [-0.39, 0.29) is 12.1 Å². The summed E-state index contributed by atoms with van der Waals surface area (Å²) >= 11 is 6.08. The lowest BCUT2D eigenvalue weighted by molar-refractivity contribution is 0.0774. The van der Waals surface area contributed by atoms with Crippen LogP contribution in [-0.2, 0) is 11.2 Å². The van der Waals surface area contributed by atoms with E-state index in [0.717, 1.165) is 37.2 Å². The van der Waals surface area contributed by atoms with Crippen LogP contribution in [0.2, 0.25) is 5.02 Å². The largest absolute Gasteiger partial charge is 0.496 e. The molecule has 0 radical (unpaired) electrons. The third-order valence-corrected chi connectivity index (χ3v) is 4.31. The third-order valence-electron chi connectivity index (χ3n) is 4.08. The van der Waals surface area contributed by atoms with Crippen molar-refractivity contribution >= 4 is 11.6 Å². The zero-order chi connectivity index (χ0) is 14.5. The van der Waals surface area contributed by atoms with Crippen molar-refractivity contribution in [2.45, 2.75) is 38.3 Å². The first-order valence-electron chi connectivity index (χ1n) is 7.09. The zero-order valence-electron chi connectivity index (χ0n) is 12.1. The van der Waals surface area contributed by atoms with Gasteiger partial charge in [-0.25, -0.2) is 0 Å². The summed E-state index contributed by atoms with van der Waals surface area (Å²) in [5.74, 6) is 7.04. The summed E-state index contributed by atoms with van der Waals surface area (Å²) in [7, 11) is 1.67. The van der Waals surface area contributed by atoms with Crippen LogP contribution < -0.4 is 16.0 Å². The highest BCUT2D eigenvalue weighted by Crippen LogP contribution is 2.30. The van der Waals surface area contributed by atoms with E-state index < -0.39 is 0 Å². The molecule has 1 heterocycles. The van der Waals surface area contributed by atoms with Crippen LogP contribution in [0.3, 0.4) is 0 Å². The van der Waals surface area contributed by atoms with Crippen LogP contribution in [0.4, 0.5) is 0 Å². The van der Waals surface area contributed by atoms with E-state index >= 15 is 0 Å². The van der Waals surface area contributed by atoms with Gasteiger partial charge in [0.05, 0.1) is 13.2 Å². The smallest absolute Gasteiger partial charge is 0.122 e. The highest BCUT2D eigenvalue weighted by atomic mass is 35.5. The van der Waals surface area contributed by atoms with Gasteiger partial charge in [-0.05, 0) is 43.0 Å². The predicted octanol–water partition coefficient (Wildman–Crippen LogP) is 2.54. The molecule has 1 aromatic carbocycles. The van der Waals surface area contributed by atoms with Gasteiger partial charge in [-0.1, -0.05) is 18.5 Å². The maximum absolute atomic E-state index is 6.08. The van der Waals surface area contributed by atoms with Crippen molar-refractivity contribution in [1.82, 2.24) is 5.43 Å². The summed E-state index contributed by atoms with van der Waals surface area (Å²) in [4.78, 5) is 0. The zero-order valence-corrected chi connectivity index (χ0v) is 12.8.